The molecule has 10 rings (SSSR count). The van der Waals surface area contributed by atoms with Gasteiger partial charge in [-0.2, -0.15) is 6.07 Å². The van der Waals surface area contributed by atoms with Gasteiger partial charge in [0, 0.05) is 43.5 Å². The van der Waals surface area contributed by atoms with Crippen LogP contribution in [0.3, 0.4) is 0 Å². The predicted molar refractivity (Wildman–Crippen MR) is 303 cm³/mol. The van der Waals surface area contributed by atoms with E-state index < -0.39 is 28.9 Å². The van der Waals surface area contributed by atoms with E-state index in [0.717, 1.165) is 13.0 Å². The van der Waals surface area contributed by atoms with Crippen molar-refractivity contribution in [1.29, 1.82) is 0 Å². The molecule has 0 saturated carbocycles. The van der Waals surface area contributed by atoms with Gasteiger partial charge in [0.2, 0.25) is 0 Å². The number of hydrogen-bond donors (Lipinski definition) is 0. The quantitative estimate of drug-likeness (QED) is 0.0756. The molecule has 69 heavy (non-hydrogen) atoms. The second-order valence-corrected chi connectivity index (χ2v) is 33.0. The Morgan fingerprint density at radius 3 is 1.67 bits per heavy atom. The molecule has 0 aliphatic heterocycles. The molecular formula is C63H77Cl2NOSiZr. The van der Waals surface area contributed by atoms with Crippen LogP contribution in [0.1, 0.15) is 155 Å². The maximum atomic E-state index is 6.21. The summed E-state index contributed by atoms with van der Waals surface area (Å²) in [6, 6.07) is 38.0. The molecule has 362 valence electrons. The van der Waals surface area contributed by atoms with E-state index >= 15 is 0 Å². The Morgan fingerprint density at radius 2 is 1.10 bits per heavy atom. The number of unbranched alkanes of at least 4 members (excludes halogenated alkanes) is 3. The van der Waals surface area contributed by atoms with Crippen LogP contribution >= 0.6 is 17.0 Å². The number of hydrogen-bond acceptors (Lipinski definition) is 1. The molecule has 6 heteroatoms. The normalized spacial score (nSPS) is 18.0. The van der Waals surface area contributed by atoms with Gasteiger partial charge >= 0.3 is 37.9 Å². The van der Waals surface area contributed by atoms with Gasteiger partial charge in [-0.25, -0.2) is 0 Å². The Kier molecular flexibility index (Phi) is 13.7. The minimum absolute atomic E-state index is 0.0901. The van der Waals surface area contributed by atoms with Gasteiger partial charge < -0.3 is 9.30 Å². The summed E-state index contributed by atoms with van der Waals surface area (Å²) in [7, 11) is 9.55. The van der Waals surface area contributed by atoms with E-state index in [9.17, 15) is 0 Å². The fourth-order valence-corrected chi connectivity index (χ4v) is 18.3. The summed E-state index contributed by atoms with van der Waals surface area (Å²) < 4.78 is 8.56. The Hall–Kier alpha value is -2.98. The molecular weight excluding hydrogens is 977 g/mol. The molecule has 1 atom stereocenters. The fraction of sp³-hybridized carbons (Fsp3) is 0.460. The van der Waals surface area contributed by atoms with Crippen LogP contribution < -0.4 is 10.4 Å². The van der Waals surface area contributed by atoms with Gasteiger partial charge in [-0.15, -0.1) is 72.5 Å². The molecule has 1 heterocycles. The van der Waals surface area contributed by atoms with Gasteiger partial charge in [0.25, 0.3) is 0 Å². The van der Waals surface area contributed by atoms with Crippen LogP contribution in [-0.4, -0.2) is 24.8 Å². The summed E-state index contributed by atoms with van der Waals surface area (Å²) >= 11 is -0.826. The summed E-state index contributed by atoms with van der Waals surface area (Å²) in [4.78, 5) is 0. The molecule has 2 nitrogen and oxygen atoms in total. The predicted octanol–water partition coefficient (Wildman–Crippen LogP) is 17.8. The van der Waals surface area contributed by atoms with Crippen molar-refractivity contribution in [2.75, 3.05) is 6.61 Å². The molecule has 0 amide bonds. The Bertz CT molecular complexity index is 3150. The monoisotopic (exact) mass is 1050 g/mol. The molecule has 0 fully saturated rings. The molecule has 2 aliphatic carbocycles. The van der Waals surface area contributed by atoms with Gasteiger partial charge in [0.05, 0.1) is 5.60 Å². The second kappa shape index (κ2) is 18.5. The molecule has 1 aromatic heterocycles. The molecule has 0 spiro atoms. The standard InChI is InChI=1S/C63H77NOSi.2ClH.Zr/c1-40-34-45-42(41-26-27-56-48(35-41)43-22-17-18-25-55(43)64(56)13)23-21-24-44(45)57(40)66(14,33-20-16-15-19-32-65-59(2,3)4)58-49-38-53-51(60(5,6)28-30-62(53,9)10)36-46(49)47-37-52-54(39-50(47)58)63(11,12)31-29-61(52,7)8;;;/h17-18,21-27,34-39H,15-16,19-20,28-33H2,1-14H3;2*1H;/q-2;;;+4/p-2. The van der Waals surface area contributed by atoms with Crippen LogP contribution in [0, 0.1) is 6.92 Å². The Morgan fingerprint density at radius 1 is 0.580 bits per heavy atom. The third kappa shape index (κ3) is 9.04. The van der Waals surface area contributed by atoms with Crippen molar-refractivity contribution in [2.45, 2.75) is 174 Å². The van der Waals surface area contributed by atoms with Crippen LogP contribution in [0.4, 0.5) is 0 Å². The molecule has 7 aromatic carbocycles. The topological polar surface area (TPSA) is 14.2 Å². The van der Waals surface area contributed by atoms with E-state index in [1.54, 1.807) is 43.4 Å². The van der Waals surface area contributed by atoms with E-state index in [2.05, 4.69) is 192 Å². The number of halogens is 2. The number of para-hydroxylation sites is 1. The number of rotatable bonds is 10. The zero-order chi connectivity index (χ0) is 49.6. The molecule has 1 unspecified atom stereocenters. The first kappa shape index (κ1) is 50.9. The second-order valence-electron chi connectivity index (χ2n) is 25.1. The third-order valence-corrected chi connectivity index (χ3v) is 22.1. The van der Waals surface area contributed by atoms with Crippen molar-refractivity contribution in [2.24, 2.45) is 7.05 Å². The van der Waals surface area contributed by atoms with E-state index in [4.69, 9.17) is 21.8 Å². The van der Waals surface area contributed by atoms with Gasteiger partial charge in [0.1, 0.15) is 0 Å². The van der Waals surface area contributed by atoms with E-state index in [-0.39, 0.29) is 27.3 Å². The van der Waals surface area contributed by atoms with Crippen LogP contribution in [-0.2, 0) is 54.3 Å². The van der Waals surface area contributed by atoms with Crippen molar-refractivity contribution in [1.82, 2.24) is 4.57 Å². The fourth-order valence-electron chi connectivity index (χ4n) is 13.3. The first-order valence-electron chi connectivity index (χ1n) is 26.0. The number of aryl methyl sites for hydroxylation is 2. The summed E-state index contributed by atoms with van der Waals surface area (Å²) in [6.45, 7) is 32.7. The van der Waals surface area contributed by atoms with Crippen molar-refractivity contribution in [3.63, 3.8) is 0 Å². The summed E-state index contributed by atoms with van der Waals surface area (Å²) in [5, 5.41) is 15.0. The van der Waals surface area contributed by atoms with Crippen LogP contribution in [0.5, 0.6) is 0 Å². The summed E-state index contributed by atoms with van der Waals surface area (Å²) in [5.41, 5.74) is 13.4. The number of benzene rings is 5. The maximum absolute atomic E-state index is 6.21. The molecule has 0 N–H and O–H groups in total. The number of aromatic nitrogens is 1. The van der Waals surface area contributed by atoms with Crippen molar-refractivity contribution in [3.05, 3.63) is 119 Å². The van der Waals surface area contributed by atoms with Gasteiger partial charge in [-0.1, -0.05) is 164 Å². The average Bonchev–Trinajstić information content (AvgIpc) is 3.91. The summed E-state index contributed by atoms with van der Waals surface area (Å²) in [6.07, 6.45) is 9.67. The number of fused-ring (bicyclic) bond motifs is 9. The SMILES string of the molecule is Cc1cc2c(-c3ccc4c(c3)c3ccccc3n4C)cccc2[c-]1[Si](C)(CCCCCCOC(C)(C)C)[c-]1c2cc3c(cc2c2cc4c(cc21)C(C)(C)CCC4(C)C)C(C)(C)CCC3(C)C.[Cl][Zr+2][Cl]. The van der Waals surface area contributed by atoms with E-state index in [1.165, 1.54) is 111 Å². The van der Waals surface area contributed by atoms with E-state index in [1.807, 2.05) is 0 Å². The molecule has 2 aliphatic rings. The Labute approximate surface area is 434 Å². The third-order valence-electron chi connectivity index (χ3n) is 17.4. The number of nitrogens with zero attached hydrogens (tertiary/aromatic N) is 1. The van der Waals surface area contributed by atoms with E-state index in [0.29, 0.717) is 0 Å². The minimum atomic E-state index is -2.52. The van der Waals surface area contributed by atoms with Crippen molar-refractivity contribution in [3.8, 4) is 11.1 Å². The zero-order valence-electron chi connectivity index (χ0n) is 44.3. The average molecular weight is 1050 g/mol. The van der Waals surface area contributed by atoms with Gasteiger partial charge in [-0.05, 0) is 98.3 Å². The Balaban J connectivity index is 0.00000193. The number of ether oxygens (including phenoxy) is 1. The van der Waals surface area contributed by atoms with Gasteiger partial charge in [-0.3, -0.25) is 0 Å². The van der Waals surface area contributed by atoms with Crippen LogP contribution in [0.2, 0.25) is 12.6 Å². The first-order chi connectivity index (χ1) is 32.4. The van der Waals surface area contributed by atoms with Crippen molar-refractivity contribution < 1.29 is 25.6 Å². The molecule has 8 aromatic rings. The first-order valence-corrected chi connectivity index (χ1v) is 35.0. The molecule has 0 saturated heterocycles. The van der Waals surface area contributed by atoms with Crippen LogP contribution in [0.25, 0.3) is 65.3 Å². The molecule has 0 bridgehead atoms. The zero-order valence-corrected chi connectivity index (χ0v) is 49.3. The van der Waals surface area contributed by atoms with Gasteiger partial charge in [0.15, 0.2) is 0 Å². The molecule has 0 radical (unpaired) electrons. The summed E-state index contributed by atoms with van der Waals surface area (Å²) in [5.74, 6) is 0. The van der Waals surface area contributed by atoms with Crippen molar-refractivity contribution >= 4 is 89.6 Å². The van der Waals surface area contributed by atoms with Crippen LogP contribution in [0.15, 0.2) is 91.0 Å².